The van der Waals surface area contributed by atoms with E-state index in [2.05, 4.69) is 0 Å². The van der Waals surface area contributed by atoms with Gasteiger partial charge in [0.2, 0.25) is 0 Å². The van der Waals surface area contributed by atoms with Crippen molar-refractivity contribution in [2.75, 3.05) is 6.61 Å². The summed E-state index contributed by atoms with van der Waals surface area (Å²) in [5.74, 6) is -0.239. The van der Waals surface area contributed by atoms with Gasteiger partial charge in [0.25, 0.3) is 0 Å². The summed E-state index contributed by atoms with van der Waals surface area (Å²) in [6.45, 7) is 4.16. The summed E-state index contributed by atoms with van der Waals surface area (Å²) >= 11 is 0. The SMILES string of the molecule is CCOC(=O)c1c(C)n(C)c2ccccc12.Cl. The zero-order valence-electron chi connectivity index (χ0n) is 10.2. The predicted octanol–water partition coefficient (Wildman–Crippen LogP) is 3.09. The second-order valence-electron chi connectivity index (χ2n) is 3.76. The summed E-state index contributed by atoms with van der Waals surface area (Å²) in [7, 11) is 1.96. The number of esters is 1. The van der Waals surface area contributed by atoms with E-state index in [1.165, 1.54) is 0 Å². The molecule has 0 N–H and O–H groups in total. The van der Waals surface area contributed by atoms with Gasteiger partial charge in [0.05, 0.1) is 12.2 Å². The first-order valence-electron chi connectivity index (χ1n) is 5.38. The Bertz CT molecular complexity index is 546. The van der Waals surface area contributed by atoms with E-state index >= 15 is 0 Å². The van der Waals surface area contributed by atoms with Crippen molar-refractivity contribution in [2.24, 2.45) is 7.05 Å². The zero-order valence-corrected chi connectivity index (χ0v) is 11.0. The molecule has 0 bridgehead atoms. The number of aromatic nitrogens is 1. The lowest BCUT2D eigenvalue weighted by Gasteiger charge is -2.02. The van der Waals surface area contributed by atoms with E-state index in [0.29, 0.717) is 12.2 Å². The second kappa shape index (κ2) is 5.23. The van der Waals surface area contributed by atoms with Gasteiger partial charge in [0, 0.05) is 23.6 Å². The molecule has 0 atom stereocenters. The van der Waals surface area contributed by atoms with Crippen LogP contribution in [-0.2, 0) is 11.8 Å². The van der Waals surface area contributed by atoms with Crippen LogP contribution in [0, 0.1) is 6.92 Å². The fraction of sp³-hybridized carbons (Fsp3) is 0.308. The minimum absolute atomic E-state index is 0. The maximum Gasteiger partial charge on any atom is 0.340 e. The lowest BCUT2D eigenvalue weighted by Crippen LogP contribution is -2.06. The normalized spacial score (nSPS) is 10.1. The number of nitrogens with zero attached hydrogens (tertiary/aromatic N) is 1. The summed E-state index contributed by atoms with van der Waals surface area (Å²) < 4.78 is 7.09. The second-order valence-corrected chi connectivity index (χ2v) is 3.76. The molecule has 2 aromatic rings. The van der Waals surface area contributed by atoms with Crippen LogP contribution in [0.4, 0.5) is 0 Å². The van der Waals surface area contributed by atoms with Gasteiger partial charge in [-0.15, -0.1) is 12.4 Å². The molecule has 0 unspecified atom stereocenters. The largest absolute Gasteiger partial charge is 0.462 e. The van der Waals surface area contributed by atoms with Crippen LogP contribution in [0.25, 0.3) is 10.9 Å². The average molecular weight is 254 g/mol. The van der Waals surface area contributed by atoms with Gasteiger partial charge in [-0.25, -0.2) is 4.79 Å². The highest BCUT2D eigenvalue weighted by atomic mass is 35.5. The van der Waals surface area contributed by atoms with E-state index < -0.39 is 0 Å². The van der Waals surface area contributed by atoms with E-state index in [4.69, 9.17) is 4.74 Å². The summed E-state index contributed by atoms with van der Waals surface area (Å²) in [5.41, 5.74) is 2.68. The van der Waals surface area contributed by atoms with Gasteiger partial charge in [0.15, 0.2) is 0 Å². The van der Waals surface area contributed by atoms with Gasteiger partial charge in [-0.3, -0.25) is 0 Å². The number of carbonyl (C=O) groups is 1. The van der Waals surface area contributed by atoms with Crippen molar-refractivity contribution in [3.8, 4) is 0 Å². The van der Waals surface area contributed by atoms with Crippen molar-refractivity contribution in [2.45, 2.75) is 13.8 Å². The molecule has 4 heteroatoms. The highest BCUT2D eigenvalue weighted by molar-refractivity contribution is 6.05. The Morgan fingerprint density at radius 2 is 2.00 bits per heavy atom. The van der Waals surface area contributed by atoms with Crippen LogP contribution in [-0.4, -0.2) is 17.1 Å². The average Bonchev–Trinajstić information content (AvgIpc) is 2.53. The van der Waals surface area contributed by atoms with Crippen molar-refractivity contribution >= 4 is 29.3 Å². The topological polar surface area (TPSA) is 31.2 Å². The van der Waals surface area contributed by atoms with Crippen molar-refractivity contribution < 1.29 is 9.53 Å². The molecular weight excluding hydrogens is 238 g/mol. The first-order chi connectivity index (χ1) is 7.66. The van der Waals surface area contributed by atoms with Crippen LogP contribution in [0.1, 0.15) is 23.0 Å². The van der Waals surface area contributed by atoms with Gasteiger partial charge in [-0.05, 0) is 19.9 Å². The molecule has 0 aliphatic heterocycles. The number of hydrogen-bond donors (Lipinski definition) is 0. The molecule has 0 radical (unpaired) electrons. The number of benzene rings is 1. The van der Waals surface area contributed by atoms with Gasteiger partial charge >= 0.3 is 5.97 Å². The number of ether oxygens (including phenoxy) is 1. The Morgan fingerprint density at radius 1 is 1.35 bits per heavy atom. The van der Waals surface area contributed by atoms with Crippen molar-refractivity contribution in [3.05, 3.63) is 35.5 Å². The summed E-state index contributed by atoms with van der Waals surface area (Å²) in [4.78, 5) is 11.9. The van der Waals surface area contributed by atoms with Crippen LogP contribution in [0.5, 0.6) is 0 Å². The molecule has 92 valence electrons. The first kappa shape index (κ1) is 13.6. The molecule has 1 aromatic heterocycles. The van der Waals surface area contributed by atoms with E-state index in [0.717, 1.165) is 16.6 Å². The Balaban J connectivity index is 0.00000144. The molecule has 1 heterocycles. The minimum Gasteiger partial charge on any atom is -0.462 e. The molecular formula is C13H16ClNO2. The standard InChI is InChI=1S/C13H15NO2.ClH/c1-4-16-13(15)12-9(2)14(3)11-8-6-5-7-10(11)12;/h5-8H,4H2,1-3H3;1H. The molecule has 2 rings (SSSR count). The molecule has 0 saturated carbocycles. The van der Waals surface area contributed by atoms with Crippen LogP contribution in [0.2, 0.25) is 0 Å². The Labute approximate surface area is 107 Å². The molecule has 0 fully saturated rings. The minimum atomic E-state index is -0.239. The quantitative estimate of drug-likeness (QED) is 0.771. The number of aryl methyl sites for hydroxylation is 1. The molecule has 17 heavy (non-hydrogen) atoms. The summed E-state index contributed by atoms with van der Waals surface area (Å²) in [6, 6.07) is 7.86. The number of halogens is 1. The molecule has 3 nitrogen and oxygen atoms in total. The number of hydrogen-bond acceptors (Lipinski definition) is 2. The highest BCUT2D eigenvalue weighted by Gasteiger charge is 2.18. The number of rotatable bonds is 2. The van der Waals surface area contributed by atoms with E-state index in [9.17, 15) is 4.79 Å². The van der Waals surface area contributed by atoms with E-state index in [-0.39, 0.29) is 18.4 Å². The number of fused-ring (bicyclic) bond motifs is 1. The van der Waals surface area contributed by atoms with Crippen LogP contribution < -0.4 is 0 Å². The van der Waals surface area contributed by atoms with Gasteiger partial charge < -0.3 is 9.30 Å². The first-order valence-corrected chi connectivity index (χ1v) is 5.38. The van der Waals surface area contributed by atoms with Gasteiger partial charge in [-0.1, -0.05) is 18.2 Å². The Morgan fingerprint density at radius 3 is 2.65 bits per heavy atom. The molecule has 1 aromatic carbocycles. The molecule has 0 aliphatic carbocycles. The molecule has 0 amide bonds. The third-order valence-electron chi connectivity index (χ3n) is 2.88. The van der Waals surface area contributed by atoms with E-state index in [1.807, 2.05) is 49.7 Å². The fourth-order valence-electron chi connectivity index (χ4n) is 1.98. The van der Waals surface area contributed by atoms with Crippen LogP contribution >= 0.6 is 12.4 Å². The predicted molar refractivity (Wildman–Crippen MR) is 70.9 cm³/mol. The lowest BCUT2D eigenvalue weighted by molar-refractivity contribution is 0.0527. The van der Waals surface area contributed by atoms with Crippen molar-refractivity contribution in [3.63, 3.8) is 0 Å². The molecule has 0 aliphatic rings. The number of para-hydroxylation sites is 1. The van der Waals surface area contributed by atoms with Crippen molar-refractivity contribution in [1.82, 2.24) is 4.57 Å². The maximum absolute atomic E-state index is 11.9. The summed E-state index contributed by atoms with van der Waals surface area (Å²) in [6.07, 6.45) is 0. The Kier molecular flexibility index (Phi) is 4.18. The number of carbonyl (C=O) groups excluding carboxylic acids is 1. The maximum atomic E-state index is 11.9. The fourth-order valence-corrected chi connectivity index (χ4v) is 1.98. The van der Waals surface area contributed by atoms with Crippen LogP contribution in [0.15, 0.2) is 24.3 Å². The summed E-state index contributed by atoms with van der Waals surface area (Å²) in [5, 5.41) is 0.959. The highest BCUT2D eigenvalue weighted by Crippen LogP contribution is 2.25. The third-order valence-corrected chi connectivity index (χ3v) is 2.88. The molecule has 0 spiro atoms. The lowest BCUT2D eigenvalue weighted by atomic mass is 10.1. The zero-order chi connectivity index (χ0) is 11.7. The smallest absolute Gasteiger partial charge is 0.340 e. The van der Waals surface area contributed by atoms with E-state index in [1.54, 1.807) is 0 Å². The molecule has 0 saturated heterocycles. The Hall–Kier alpha value is -1.48. The van der Waals surface area contributed by atoms with Gasteiger partial charge in [0.1, 0.15) is 0 Å². The van der Waals surface area contributed by atoms with Crippen LogP contribution in [0.3, 0.4) is 0 Å². The van der Waals surface area contributed by atoms with Crippen molar-refractivity contribution in [1.29, 1.82) is 0 Å². The third kappa shape index (κ3) is 2.15. The van der Waals surface area contributed by atoms with Gasteiger partial charge in [-0.2, -0.15) is 0 Å². The monoisotopic (exact) mass is 253 g/mol.